The number of hydrogen-bond donors (Lipinski definition) is 5. The molecule has 1 saturated heterocycles. The first-order valence-electron chi connectivity index (χ1n) is 8.04. The fourth-order valence-corrected chi connectivity index (χ4v) is 3.78. The van der Waals surface area contributed by atoms with Gasteiger partial charge >= 0.3 is 51.4 Å². The molecular weight excluding hydrogens is 457 g/mol. The predicted molar refractivity (Wildman–Crippen MR) is 95.6 cm³/mol. The number of oxime groups is 1. The quantitative estimate of drug-likeness (QED) is 0.0635. The first kappa shape index (κ1) is 27.4. The van der Waals surface area contributed by atoms with Crippen molar-refractivity contribution in [1.82, 2.24) is 0 Å². The molecule has 1 aliphatic heterocycles. The van der Waals surface area contributed by atoms with Gasteiger partial charge in [-0.2, -0.15) is 8.42 Å². The summed E-state index contributed by atoms with van der Waals surface area (Å²) in [6.07, 6.45) is -7.53. The average Bonchev–Trinajstić information content (AvgIpc) is 2.66. The molecule has 0 aromatic heterocycles. The second kappa shape index (κ2) is 12.4. The van der Waals surface area contributed by atoms with Crippen molar-refractivity contribution in [2.75, 3.05) is 6.61 Å². The molecule has 11 nitrogen and oxygen atoms in total. The summed E-state index contributed by atoms with van der Waals surface area (Å²) < 4.78 is 41.3. The smallest absolute Gasteiger partial charge is 0.714 e. The molecule has 0 bridgehead atoms. The summed E-state index contributed by atoms with van der Waals surface area (Å²) in [4.78, 5) is 0. The summed E-state index contributed by atoms with van der Waals surface area (Å²) in [5, 5.41) is 52.2. The van der Waals surface area contributed by atoms with E-state index in [0.29, 0.717) is 17.3 Å². The van der Waals surface area contributed by atoms with Crippen LogP contribution >= 0.6 is 11.8 Å². The number of rotatable bonds is 7. The van der Waals surface area contributed by atoms with Crippen LogP contribution in [-0.2, 0) is 19.4 Å². The van der Waals surface area contributed by atoms with E-state index in [1.165, 1.54) is 0 Å². The molecule has 158 valence electrons. The Morgan fingerprint density at radius 2 is 1.83 bits per heavy atom. The van der Waals surface area contributed by atoms with Gasteiger partial charge in [0, 0.05) is 6.42 Å². The minimum Gasteiger partial charge on any atom is -0.714 e. The molecule has 1 unspecified atom stereocenters. The van der Waals surface area contributed by atoms with Gasteiger partial charge in [0.15, 0.2) is 0 Å². The molecule has 1 aromatic carbocycles. The van der Waals surface area contributed by atoms with E-state index in [-0.39, 0.29) is 62.8 Å². The number of thioether (sulfide) groups is 1. The topological polar surface area (TPSA) is 189 Å². The van der Waals surface area contributed by atoms with E-state index in [2.05, 4.69) is 9.44 Å². The van der Waals surface area contributed by atoms with E-state index < -0.39 is 53.0 Å². The van der Waals surface area contributed by atoms with Crippen molar-refractivity contribution in [1.29, 1.82) is 0 Å². The molecule has 1 aromatic rings. The number of nitrogens with zero attached hydrogens (tertiary/aromatic N) is 1. The Bertz CT molecular complexity index is 764. The van der Waals surface area contributed by atoms with Gasteiger partial charge in [-0.1, -0.05) is 47.2 Å². The van der Waals surface area contributed by atoms with E-state index in [4.69, 9.17) is 4.74 Å². The molecule has 1 fully saturated rings. The second-order valence-electron chi connectivity index (χ2n) is 5.91. The first-order valence-corrected chi connectivity index (χ1v) is 10.2. The zero-order chi connectivity index (χ0) is 20.9. The number of benzene rings is 1. The molecule has 0 radical (unpaired) electrons. The van der Waals surface area contributed by atoms with Gasteiger partial charge in [-0.15, -0.1) is 0 Å². The maximum absolute atomic E-state index is 10.7. The predicted octanol–water partition coefficient (Wildman–Crippen LogP) is -4.56. The molecule has 14 heteroatoms. The first-order chi connectivity index (χ1) is 13.1. The third kappa shape index (κ3) is 8.42. The van der Waals surface area contributed by atoms with Crippen molar-refractivity contribution in [2.45, 2.75) is 42.4 Å². The third-order valence-corrected chi connectivity index (χ3v) is 5.28. The fourth-order valence-electron chi connectivity index (χ4n) is 2.45. The van der Waals surface area contributed by atoms with Crippen molar-refractivity contribution < 1.29 is 98.9 Å². The Labute approximate surface area is 214 Å². The van der Waals surface area contributed by atoms with Crippen molar-refractivity contribution in [3.8, 4) is 0 Å². The molecule has 0 spiro atoms. The summed E-state index contributed by atoms with van der Waals surface area (Å²) >= 11 is 0.570. The van der Waals surface area contributed by atoms with Gasteiger partial charge < -0.3 is 34.8 Å². The van der Waals surface area contributed by atoms with Crippen LogP contribution in [0.1, 0.15) is 18.1 Å². The van der Waals surface area contributed by atoms with Gasteiger partial charge in [-0.05, 0) is 5.56 Å². The second-order valence-corrected chi connectivity index (χ2v) is 8.05. The van der Waals surface area contributed by atoms with Crippen LogP contribution in [0.3, 0.4) is 0 Å². The van der Waals surface area contributed by atoms with Crippen LogP contribution in [0.15, 0.2) is 35.5 Å². The molecule has 1 heterocycles. The van der Waals surface area contributed by atoms with E-state index in [0.717, 1.165) is 0 Å². The van der Waals surface area contributed by atoms with Gasteiger partial charge in [-0.25, -0.2) is 0 Å². The Morgan fingerprint density at radius 3 is 2.38 bits per heavy atom. The summed E-state index contributed by atoms with van der Waals surface area (Å²) in [7, 11) is -5.17. The molecule has 29 heavy (non-hydrogen) atoms. The summed E-state index contributed by atoms with van der Waals surface area (Å²) in [6, 6.07) is 8.26. The van der Waals surface area contributed by atoms with Gasteiger partial charge in [0.2, 0.25) is 0 Å². The van der Waals surface area contributed by atoms with Gasteiger partial charge in [0.05, 0.1) is 12.7 Å². The largest absolute Gasteiger partial charge is 1.00 e. The Morgan fingerprint density at radius 1 is 1.21 bits per heavy atom. The molecular formula is C15H20KNO10S2. The fraction of sp³-hybridized carbons (Fsp3) is 0.533. The Kier molecular flexibility index (Phi) is 11.7. The normalized spacial score (nSPS) is 29.0. The minimum atomic E-state index is -5.17. The number of aliphatic hydroxyl groups excluding tert-OH is 5. The van der Waals surface area contributed by atoms with Crippen molar-refractivity contribution >= 4 is 27.2 Å². The van der Waals surface area contributed by atoms with E-state index >= 15 is 0 Å². The van der Waals surface area contributed by atoms with Crippen LogP contribution in [-0.4, -0.2) is 80.0 Å². The maximum atomic E-state index is 10.7. The zero-order valence-corrected chi connectivity index (χ0v) is 20.1. The molecule has 1 aliphatic rings. The molecule has 0 amide bonds. The van der Waals surface area contributed by atoms with Crippen molar-refractivity contribution in [3.05, 3.63) is 35.9 Å². The summed E-state index contributed by atoms with van der Waals surface area (Å²) in [6.45, 7) is -0.660. The molecule has 5 N–H and O–H groups in total. The van der Waals surface area contributed by atoms with Crippen LogP contribution in [0.25, 0.3) is 0 Å². The Balaban J connectivity index is 0.00000420. The monoisotopic (exact) mass is 477 g/mol. The molecule has 0 saturated carbocycles. The molecule has 0 aliphatic carbocycles. The summed E-state index contributed by atoms with van der Waals surface area (Å²) in [5.41, 5.74) is -0.829. The van der Waals surface area contributed by atoms with Gasteiger partial charge in [0.1, 0.15) is 34.9 Å². The average molecular weight is 478 g/mol. The van der Waals surface area contributed by atoms with Crippen LogP contribution in [0.5, 0.6) is 0 Å². The minimum absolute atomic E-state index is 0. The maximum Gasteiger partial charge on any atom is 1.00 e. The molecule has 6 atom stereocenters. The van der Waals surface area contributed by atoms with Crippen LogP contribution < -0.4 is 51.4 Å². The summed E-state index contributed by atoms with van der Waals surface area (Å²) in [5.74, 6) is 0. The standard InChI is InChI=1S/C15H21NO10S2.K/c17-7-10-12(19)13(20)14(21)15(25-10)27-11(16-26-28(22,23)24)6-9(18)8-4-2-1-3-5-8;/h1-5,9-10,12-15,17-21H,6-7H2,(H,22,23,24);/q;+1/p-1/b16-11+;/t9-,10+,12+,13-,14+,15?;/m0./s1. The Hall–Kier alpha value is 0.346. The number of hydrogen-bond acceptors (Lipinski definition) is 12. The van der Waals surface area contributed by atoms with Crippen LogP contribution in [0.2, 0.25) is 0 Å². The SMILES string of the molecule is O=S(=O)([O-])O/N=C(\C[C@H](O)c1ccccc1)SC1O[C@H](CO)[C@@H](O)[C@H](O)[C@H]1O.[K+]. The van der Waals surface area contributed by atoms with Crippen molar-refractivity contribution in [3.63, 3.8) is 0 Å². The molecule has 2 rings (SSSR count). The van der Waals surface area contributed by atoms with E-state index in [9.17, 15) is 38.5 Å². The number of ether oxygens (including phenoxy) is 1. The third-order valence-electron chi connectivity index (χ3n) is 3.88. The van der Waals surface area contributed by atoms with Crippen molar-refractivity contribution in [2.24, 2.45) is 5.16 Å². The van der Waals surface area contributed by atoms with Gasteiger partial charge in [0.25, 0.3) is 10.4 Å². The van der Waals surface area contributed by atoms with Crippen LogP contribution in [0, 0.1) is 0 Å². The zero-order valence-electron chi connectivity index (χ0n) is 15.3. The van der Waals surface area contributed by atoms with Crippen LogP contribution in [0.4, 0.5) is 0 Å². The van der Waals surface area contributed by atoms with E-state index in [1.54, 1.807) is 30.3 Å². The number of aliphatic hydroxyl groups is 5. The van der Waals surface area contributed by atoms with E-state index in [1.807, 2.05) is 0 Å². The van der Waals surface area contributed by atoms with Gasteiger partial charge in [-0.3, -0.25) is 4.28 Å².